The average molecular weight is 528 g/mol. The van der Waals surface area contributed by atoms with E-state index in [0.717, 1.165) is 42.7 Å². The Balaban J connectivity index is 0.00000324. The lowest BCUT2D eigenvalue weighted by molar-refractivity contribution is 0.0600. The highest BCUT2D eigenvalue weighted by Gasteiger charge is 2.29. The monoisotopic (exact) mass is 527 g/mol. The van der Waals surface area contributed by atoms with Crippen LogP contribution in [0.3, 0.4) is 0 Å². The number of sulfonamides is 1. The summed E-state index contributed by atoms with van der Waals surface area (Å²) in [6, 6.07) is 5.98. The van der Waals surface area contributed by atoms with Gasteiger partial charge in [-0.25, -0.2) is 13.2 Å². The van der Waals surface area contributed by atoms with Crippen LogP contribution in [0.25, 0.3) is 0 Å². The summed E-state index contributed by atoms with van der Waals surface area (Å²) in [6.45, 7) is 2.59. The summed E-state index contributed by atoms with van der Waals surface area (Å²) in [5.41, 5.74) is 1.67. The van der Waals surface area contributed by atoms with Crippen LogP contribution in [-0.4, -0.2) is 63.3 Å². The number of methoxy groups -OCH3 is 1. The number of hydrogen-bond donors (Lipinski definition) is 1. The maximum Gasteiger partial charge on any atom is 0.341 e. The maximum absolute atomic E-state index is 13.0. The van der Waals surface area contributed by atoms with Crippen LogP contribution in [0.1, 0.15) is 56.8 Å². The second kappa shape index (κ2) is 11.2. The topological polar surface area (TPSA) is 96.0 Å². The Labute approximate surface area is 210 Å². The van der Waals surface area contributed by atoms with Crippen LogP contribution in [0.15, 0.2) is 29.2 Å². The molecule has 1 N–H and O–H groups in total. The van der Waals surface area contributed by atoms with E-state index in [0.29, 0.717) is 42.2 Å². The van der Waals surface area contributed by atoms with Crippen molar-refractivity contribution in [3.63, 3.8) is 0 Å². The Kier molecular flexibility index (Phi) is 8.75. The second-order valence-electron chi connectivity index (χ2n) is 8.48. The Morgan fingerprint density at radius 3 is 2.29 bits per heavy atom. The first kappa shape index (κ1) is 26.6. The van der Waals surface area contributed by atoms with Crippen molar-refractivity contribution in [2.45, 2.75) is 43.5 Å². The average Bonchev–Trinajstić information content (AvgIpc) is 2.97. The van der Waals surface area contributed by atoms with Gasteiger partial charge in [0.05, 0.1) is 17.6 Å². The number of carbonyl (C=O) groups excluding carboxylic acids is 2. The molecule has 11 heteroatoms. The fourth-order valence-corrected chi connectivity index (χ4v) is 7.15. The molecule has 4 rings (SSSR count). The van der Waals surface area contributed by atoms with Crippen molar-refractivity contribution in [1.82, 2.24) is 9.21 Å². The first-order valence-electron chi connectivity index (χ1n) is 11.1. The van der Waals surface area contributed by atoms with E-state index in [-0.39, 0.29) is 17.3 Å². The van der Waals surface area contributed by atoms with Crippen molar-refractivity contribution in [2.24, 2.45) is 0 Å². The van der Waals surface area contributed by atoms with Gasteiger partial charge in [0, 0.05) is 36.6 Å². The van der Waals surface area contributed by atoms with E-state index in [4.69, 9.17) is 4.74 Å². The number of halogens is 1. The van der Waals surface area contributed by atoms with Crippen molar-refractivity contribution in [3.8, 4) is 0 Å². The van der Waals surface area contributed by atoms with Gasteiger partial charge in [-0.1, -0.05) is 12.8 Å². The number of esters is 1. The van der Waals surface area contributed by atoms with Crippen LogP contribution in [0.2, 0.25) is 0 Å². The number of nitrogens with one attached hydrogen (secondary N) is 1. The van der Waals surface area contributed by atoms with Crippen molar-refractivity contribution in [1.29, 1.82) is 0 Å². The van der Waals surface area contributed by atoms with Crippen LogP contribution in [0.4, 0.5) is 5.00 Å². The molecule has 1 saturated heterocycles. The number of amides is 1. The zero-order valence-electron chi connectivity index (χ0n) is 19.3. The molecule has 3 heterocycles. The summed E-state index contributed by atoms with van der Waals surface area (Å²) in [6.07, 6.45) is 4.53. The highest BCUT2D eigenvalue weighted by Crippen LogP contribution is 2.37. The standard InChI is InChI=1S/C23H29N3O5S2.ClH/c1-25-14-11-18-19(15-25)32-22(20(18)23(28)31-2)24-21(27)16-7-9-17(10-8-16)33(29,30)26-12-5-3-4-6-13-26;/h7-10H,3-6,11-15H2,1-2H3,(H,24,27);1H. The number of fused-ring (bicyclic) bond motifs is 1. The second-order valence-corrected chi connectivity index (χ2v) is 11.5. The summed E-state index contributed by atoms with van der Waals surface area (Å²) in [4.78, 5) is 28.8. The molecule has 0 unspecified atom stereocenters. The van der Waals surface area contributed by atoms with Gasteiger partial charge >= 0.3 is 5.97 Å². The molecular weight excluding hydrogens is 498 g/mol. The number of anilines is 1. The van der Waals surface area contributed by atoms with E-state index in [1.165, 1.54) is 47.0 Å². The molecule has 2 aliphatic heterocycles. The molecule has 0 bridgehead atoms. The van der Waals surface area contributed by atoms with Crippen LogP contribution in [-0.2, 0) is 27.7 Å². The first-order chi connectivity index (χ1) is 15.8. The minimum absolute atomic E-state index is 0. The Morgan fingerprint density at radius 2 is 1.68 bits per heavy atom. The molecule has 0 radical (unpaired) electrons. The predicted octanol–water partition coefficient (Wildman–Crippen LogP) is 3.76. The van der Waals surface area contributed by atoms with Gasteiger partial charge in [0.2, 0.25) is 10.0 Å². The summed E-state index contributed by atoms with van der Waals surface area (Å²) < 4.78 is 32.4. The van der Waals surface area contributed by atoms with E-state index < -0.39 is 21.9 Å². The summed E-state index contributed by atoms with van der Waals surface area (Å²) in [5.74, 6) is -0.864. The van der Waals surface area contributed by atoms with Crippen molar-refractivity contribution in [2.75, 3.05) is 39.1 Å². The zero-order valence-corrected chi connectivity index (χ0v) is 21.8. The fourth-order valence-electron chi connectivity index (χ4n) is 4.32. The number of carbonyl (C=O) groups is 2. The molecule has 0 spiro atoms. The van der Waals surface area contributed by atoms with Gasteiger partial charge in [0.1, 0.15) is 5.00 Å². The molecule has 1 fully saturated rings. The summed E-state index contributed by atoms with van der Waals surface area (Å²) in [7, 11) is -0.234. The molecule has 1 amide bonds. The van der Waals surface area contributed by atoms with E-state index in [1.807, 2.05) is 7.05 Å². The van der Waals surface area contributed by atoms with Crippen molar-refractivity contribution < 1.29 is 22.7 Å². The Bertz CT molecular complexity index is 1140. The smallest absolute Gasteiger partial charge is 0.341 e. The normalized spacial score (nSPS) is 17.2. The van der Waals surface area contributed by atoms with E-state index >= 15 is 0 Å². The number of ether oxygens (including phenoxy) is 1. The molecule has 186 valence electrons. The third-order valence-electron chi connectivity index (χ3n) is 6.18. The van der Waals surface area contributed by atoms with Gasteiger partial charge in [0.15, 0.2) is 0 Å². The minimum Gasteiger partial charge on any atom is -0.465 e. The molecule has 0 saturated carbocycles. The van der Waals surface area contributed by atoms with E-state index in [9.17, 15) is 18.0 Å². The SMILES string of the molecule is COC(=O)c1c(NC(=O)c2ccc(S(=O)(=O)N3CCCCCC3)cc2)sc2c1CCN(C)C2.Cl. The lowest BCUT2D eigenvalue weighted by Gasteiger charge is -2.22. The molecule has 8 nitrogen and oxygen atoms in total. The molecule has 0 atom stereocenters. The van der Waals surface area contributed by atoms with Crippen LogP contribution < -0.4 is 5.32 Å². The van der Waals surface area contributed by atoms with E-state index in [1.54, 1.807) is 0 Å². The molecule has 34 heavy (non-hydrogen) atoms. The Hall–Kier alpha value is -1.98. The molecule has 1 aromatic heterocycles. The molecular formula is C23H30ClN3O5S2. The largest absolute Gasteiger partial charge is 0.465 e. The third kappa shape index (κ3) is 5.46. The van der Waals surface area contributed by atoms with Crippen LogP contribution in [0, 0.1) is 0 Å². The number of benzene rings is 1. The zero-order chi connectivity index (χ0) is 23.6. The quantitative estimate of drug-likeness (QED) is 0.595. The van der Waals surface area contributed by atoms with Gasteiger partial charge in [-0.2, -0.15) is 4.31 Å². The number of thiophene rings is 1. The minimum atomic E-state index is -3.58. The molecule has 2 aromatic rings. The number of nitrogens with zero attached hydrogens (tertiary/aromatic N) is 2. The number of rotatable bonds is 5. The number of hydrogen-bond acceptors (Lipinski definition) is 7. The van der Waals surface area contributed by atoms with Gasteiger partial charge in [-0.15, -0.1) is 23.7 Å². The van der Waals surface area contributed by atoms with Gasteiger partial charge in [-0.05, 0) is 56.1 Å². The lowest BCUT2D eigenvalue weighted by atomic mass is 10.0. The van der Waals surface area contributed by atoms with Gasteiger partial charge < -0.3 is 15.0 Å². The number of likely N-dealkylation sites (N-methyl/N-ethyl adjacent to an activating group) is 1. The van der Waals surface area contributed by atoms with Crippen LogP contribution >= 0.6 is 23.7 Å². The summed E-state index contributed by atoms with van der Waals surface area (Å²) in [5, 5.41) is 3.31. The highest BCUT2D eigenvalue weighted by molar-refractivity contribution is 7.89. The highest BCUT2D eigenvalue weighted by atomic mass is 35.5. The predicted molar refractivity (Wildman–Crippen MR) is 135 cm³/mol. The first-order valence-corrected chi connectivity index (χ1v) is 13.4. The van der Waals surface area contributed by atoms with Crippen molar-refractivity contribution in [3.05, 3.63) is 45.8 Å². The molecule has 1 aromatic carbocycles. The molecule has 2 aliphatic rings. The van der Waals surface area contributed by atoms with E-state index in [2.05, 4.69) is 10.2 Å². The molecule has 0 aliphatic carbocycles. The lowest BCUT2D eigenvalue weighted by Crippen LogP contribution is -2.31. The maximum atomic E-state index is 13.0. The Morgan fingerprint density at radius 1 is 1.03 bits per heavy atom. The fraction of sp³-hybridized carbons (Fsp3) is 0.478. The summed E-state index contributed by atoms with van der Waals surface area (Å²) >= 11 is 1.38. The van der Waals surface area contributed by atoms with Crippen LogP contribution in [0.5, 0.6) is 0 Å². The third-order valence-corrected chi connectivity index (χ3v) is 9.23. The van der Waals surface area contributed by atoms with Gasteiger partial charge in [-0.3, -0.25) is 4.79 Å². The van der Waals surface area contributed by atoms with Crippen molar-refractivity contribution >= 4 is 50.6 Å². The van der Waals surface area contributed by atoms with Gasteiger partial charge in [0.25, 0.3) is 5.91 Å².